The number of anilines is 1. The molecule has 1 aromatic rings. The maximum Gasteiger partial charge on any atom is 0.242 e. The highest BCUT2D eigenvalue weighted by atomic mass is 35.5. The molecule has 0 bridgehead atoms. The first kappa shape index (κ1) is 13.2. The largest absolute Gasteiger partial charge is 0.347 e. The zero-order chi connectivity index (χ0) is 12.1. The highest BCUT2D eigenvalue weighted by Gasteiger charge is 2.16. The molecule has 0 aliphatic heterocycles. The lowest BCUT2D eigenvalue weighted by atomic mass is 10.4. The topological polar surface area (TPSA) is 49.3 Å². The minimum absolute atomic E-state index is 0.0663. The molecule has 1 aromatic heterocycles. The van der Waals surface area contributed by atoms with E-state index >= 15 is 0 Å². The van der Waals surface area contributed by atoms with Crippen LogP contribution in [0.2, 0.25) is 5.15 Å². The van der Waals surface area contributed by atoms with Crippen molar-refractivity contribution >= 4 is 35.1 Å². The molecule has 0 saturated carbocycles. The van der Waals surface area contributed by atoms with Crippen LogP contribution in [0.4, 0.5) is 5.82 Å². The first-order valence-electron chi connectivity index (χ1n) is 5.07. The number of rotatable bonds is 5. The Morgan fingerprint density at radius 1 is 1.38 bits per heavy atom. The standard InChI is InChI=1S/C9H15ClN4OS/c1-4-14(5-2)7(15)6-13(3)9-8(10)11-16-12-9/h4-6H2,1-3H3. The molecule has 7 heteroatoms. The second kappa shape index (κ2) is 6.00. The Hall–Kier alpha value is -0.880. The molecule has 16 heavy (non-hydrogen) atoms. The van der Waals surface area contributed by atoms with Gasteiger partial charge in [0.05, 0.1) is 18.3 Å². The maximum absolute atomic E-state index is 11.8. The van der Waals surface area contributed by atoms with Crippen LogP contribution in [0.5, 0.6) is 0 Å². The van der Waals surface area contributed by atoms with Crippen LogP contribution in [0.3, 0.4) is 0 Å². The Morgan fingerprint density at radius 2 is 2.00 bits per heavy atom. The number of hydrogen-bond acceptors (Lipinski definition) is 5. The van der Waals surface area contributed by atoms with Crippen LogP contribution < -0.4 is 4.90 Å². The summed E-state index contributed by atoms with van der Waals surface area (Å²) in [5.41, 5.74) is 0. The molecule has 0 radical (unpaired) electrons. The van der Waals surface area contributed by atoms with Crippen LogP contribution in [0.25, 0.3) is 0 Å². The Labute approximate surface area is 104 Å². The van der Waals surface area contributed by atoms with Crippen LogP contribution >= 0.6 is 23.3 Å². The average Bonchev–Trinajstić information content (AvgIpc) is 2.66. The molecule has 1 amide bonds. The van der Waals surface area contributed by atoms with Gasteiger partial charge in [0.2, 0.25) is 5.91 Å². The van der Waals surface area contributed by atoms with Gasteiger partial charge in [0.25, 0.3) is 0 Å². The zero-order valence-corrected chi connectivity index (χ0v) is 11.2. The van der Waals surface area contributed by atoms with Crippen molar-refractivity contribution in [3.8, 4) is 0 Å². The van der Waals surface area contributed by atoms with Gasteiger partial charge in [-0.2, -0.15) is 8.75 Å². The number of aromatic nitrogens is 2. The molecule has 1 heterocycles. The van der Waals surface area contributed by atoms with Gasteiger partial charge in [-0.15, -0.1) is 0 Å². The smallest absolute Gasteiger partial charge is 0.242 e. The fourth-order valence-corrected chi connectivity index (χ4v) is 2.18. The van der Waals surface area contributed by atoms with Crippen molar-refractivity contribution in [1.29, 1.82) is 0 Å². The molecule has 1 rings (SSSR count). The number of halogens is 1. The van der Waals surface area contributed by atoms with Crippen molar-refractivity contribution < 1.29 is 4.79 Å². The SMILES string of the molecule is CCN(CC)C(=O)CN(C)c1nsnc1Cl. The zero-order valence-electron chi connectivity index (χ0n) is 9.60. The number of nitrogens with zero attached hydrogens (tertiary/aromatic N) is 4. The number of carbonyl (C=O) groups excluding carboxylic acids is 1. The van der Waals surface area contributed by atoms with E-state index < -0.39 is 0 Å². The lowest BCUT2D eigenvalue weighted by Crippen LogP contribution is -2.39. The summed E-state index contributed by atoms with van der Waals surface area (Å²) in [6.07, 6.45) is 0. The monoisotopic (exact) mass is 262 g/mol. The van der Waals surface area contributed by atoms with Gasteiger partial charge in [-0.25, -0.2) is 0 Å². The van der Waals surface area contributed by atoms with Gasteiger partial charge in [-0.05, 0) is 13.8 Å². The van der Waals surface area contributed by atoms with Crippen LogP contribution in [0, 0.1) is 0 Å². The number of likely N-dealkylation sites (N-methyl/N-ethyl adjacent to an activating group) is 2. The summed E-state index contributed by atoms with van der Waals surface area (Å²) in [7, 11) is 1.78. The normalized spacial score (nSPS) is 10.2. The fourth-order valence-electron chi connectivity index (χ4n) is 1.35. The first-order chi connectivity index (χ1) is 7.60. The number of hydrogen-bond donors (Lipinski definition) is 0. The van der Waals surface area contributed by atoms with Crippen LogP contribution in [-0.2, 0) is 4.79 Å². The van der Waals surface area contributed by atoms with Crippen molar-refractivity contribution in [2.45, 2.75) is 13.8 Å². The highest BCUT2D eigenvalue weighted by Crippen LogP contribution is 2.21. The molecule has 0 fully saturated rings. The van der Waals surface area contributed by atoms with E-state index in [-0.39, 0.29) is 12.5 Å². The van der Waals surface area contributed by atoms with E-state index in [4.69, 9.17) is 11.6 Å². The molecule has 5 nitrogen and oxygen atoms in total. The summed E-state index contributed by atoms with van der Waals surface area (Å²) >= 11 is 6.88. The summed E-state index contributed by atoms with van der Waals surface area (Å²) in [6.45, 7) is 5.61. The number of carbonyl (C=O) groups is 1. The molecule has 0 spiro atoms. The molecular formula is C9H15ClN4OS. The summed E-state index contributed by atoms with van der Waals surface area (Å²) < 4.78 is 7.89. The molecule has 0 saturated heterocycles. The van der Waals surface area contributed by atoms with Crippen LogP contribution in [-0.4, -0.2) is 46.2 Å². The second-order valence-corrected chi connectivity index (χ2v) is 4.19. The molecule has 0 atom stereocenters. The molecule has 0 N–H and O–H groups in total. The Kier molecular flexibility index (Phi) is 4.95. The predicted octanol–water partition coefficient (Wildman–Crippen LogP) is 1.50. The Bertz CT molecular complexity index is 353. The third kappa shape index (κ3) is 3.05. The fraction of sp³-hybridized carbons (Fsp3) is 0.667. The van der Waals surface area contributed by atoms with Crippen molar-refractivity contribution in [2.75, 3.05) is 31.6 Å². The van der Waals surface area contributed by atoms with Gasteiger partial charge < -0.3 is 9.80 Å². The number of amides is 1. The molecule has 0 aromatic carbocycles. The van der Waals surface area contributed by atoms with E-state index in [2.05, 4.69) is 8.75 Å². The van der Waals surface area contributed by atoms with Crippen molar-refractivity contribution in [1.82, 2.24) is 13.6 Å². The van der Waals surface area contributed by atoms with Gasteiger partial charge in [-0.1, -0.05) is 11.6 Å². The minimum Gasteiger partial charge on any atom is -0.347 e. The quantitative estimate of drug-likeness (QED) is 0.807. The van der Waals surface area contributed by atoms with E-state index in [9.17, 15) is 4.79 Å². The van der Waals surface area contributed by atoms with Crippen LogP contribution in [0.15, 0.2) is 0 Å². The third-order valence-electron chi connectivity index (χ3n) is 2.28. The molecule has 0 unspecified atom stereocenters. The lowest BCUT2D eigenvalue weighted by molar-refractivity contribution is -0.129. The Balaban J connectivity index is 2.61. The summed E-state index contributed by atoms with van der Waals surface area (Å²) in [5.74, 6) is 0.628. The predicted molar refractivity (Wildman–Crippen MR) is 66.1 cm³/mol. The lowest BCUT2D eigenvalue weighted by Gasteiger charge is -2.22. The minimum atomic E-state index is 0.0663. The molecule has 0 aliphatic carbocycles. The Morgan fingerprint density at radius 3 is 2.44 bits per heavy atom. The second-order valence-electron chi connectivity index (χ2n) is 3.30. The van der Waals surface area contributed by atoms with E-state index in [1.807, 2.05) is 13.8 Å². The van der Waals surface area contributed by atoms with Crippen LogP contribution in [0.1, 0.15) is 13.8 Å². The van der Waals surface area contributed by atoms with Crippen molar-refractivity contribution in [3.05, 3.63) is 5.15 Å². The molecular weight excluding hydrogens is 248 g/mol. The van der Waals surface area contributed by atoms with E-state index in [1.54, 1.807) is 16.8 Å². The maximum atomic E-state index is 11.8. The van der Waals surface area contributed by atoms with Gasteiger partial charge >= 0.3 is 0 Å². The summed E-state index contributed by atoms with van der Waals surface area (Å²) in [5, 5.41) is 0.347. The van der Waals surface area contributed by atoms with E-state index in [0.717, 1.165) is 11.7 Å². The van der Waals surface area contributed by atoms with Crippen molar-refractivity contribution in [3.63, 3.8) is 0 Å². The molecule has 0 aliphatic rings. The average molecular weight is 263 g/mol. The van der Waals surface area contributed by atoms with Gasteiger partial charge in [0.1, 0.15) is 0 Å². The first-order valence-corrected chi connectivity index (χ1v) is 6.17. The van der Waals surface area contributed by atoms with Gasteiger partial charge in [0.15, 0.2) is 11.0 Å². The van der Waals surface area contributed by atoms with Gasteiger partial charge in [-0.3, -0.25) is 4.79 Å². The third-order valence-corrected chi connectivity index (χ3v) is 3.16. The highest BCUT2D eigenvalue weighted by molar-refractivity contribution is 6.99. The molecule has 90 valence electrons. The summed E-state index contributed by atoms with van der Waals surface area (Å²) in [4.78, 5) is 15.3. The van der Waals surface area contributed by atoms with E-state index in [0.29, 0.717) is 24.1 Å². The van der Waals surface area contributed by atoms with Crippen molar-refractivity contribution in [2.24, 2.45) is 0 Å². The van der Waals surface area contributed by atoms with Gasteiger partial charge in [0, 0.05) is 20.1 Å². The summed E-state index contributed by atoms with van der Waals surface area (Å²) in [6, 6.07) is 0. The van der Waals surface area contributed by atoms with E-state index in [1.165, 1.54) is 0 Å².